The van der Waals surface area contributed by atoms with Gasteiger partial charge in [0.1, 0.15) is 18.1 Å². The molecule has 198 valence electrons. The van der Waals surface area contributed by atoms with Gasteiger partial charge in [-0.05, 0) is 18.8 Å². The van der Waals surface area contributed by atoms with Crippen LogP contribution in [0.15, 0.2) is 4.99 Å². The lowest BCUT2D eigenvalue weighted by Crippen LogP contribution is -2.58. The predicted octanol–water partition coefficient (Wildman–Crippen LogP) is -4.09. The molecule has 16 heteroatoms. The first-order valence-corrected chi connectivity index (χ1v) is 10.6. The lowest BCUT2D eigenvalue weighted by Gasteiger charge is -2.26. The Kier molecular flexibility index (Phi) is 13.4. The van der Waals surface area contributed by atoms with E-state index in [9.17, 15) is 33.9 Å². The number of nitrogens with two attached hydrogens (primary N) is 4. The molecule has 0 aliphatic heterocycles. The maximum atomic E-state index is 12.9. The second-order valence-electron chi connectivity index (χ2n) is 8.01. The number of carbonyl (C=O) groups excluding carboxylic acids is 4. The molecule has 0 aromatic carbocycles. The number of aliphatic imine (C=N–C) groups is 1. The molecule has 0 radical (unpaired) electrons. The van der Waals surface area contributed by atoms with E-state index >= 15 is 0 Å². The van der Waals surface area contributed by atoms with E-state index in [1.165, 1.54) is 0 Å². The second kappa shape index (κ2) is 15.0. The van der Waals surface area contributed by atoms with E-state index < -0.39 is 78.5 Å². The van der Waals surface area contributed by atoms with Crippen molar-refractivity contribution in [2.24, 2.45) is 33.8 Å². The van der Waals surface area contributed by atoms with Crippen molar-refractivity contribution in [1.82, 2.24) is 16.0 Å². The number of rotatable bonds is 16. The molecule has 4 atom stereocenters. The third-order valence-corrected chi connectivity index (χ3v) is 4.58. The Morgan fingerprint density at radius 1 is 0.829 bits per heavy atom. The van der Waals surface area contributed by atoms with Gasteiger partial charge in [0.2, 0.25) is 23.6 Å². The van der Waals surface area contributed by atoms with Gasteiger partial charge in [0, 0.05) is 6.54 Å². The fourth-order valence-electron chi connectivity index (χ4n) is 2.79. The Bertz CT molecular complexity index is 828. The average Bonchev–Trinajstić information content (AvgIpc) is 2.71. The summed E-state index contributed by atoms with van der Waals surface area (Å²) in [5.41, 5.74) is 21.1. The Labute approximate surface area is 201 Å². The fraction of sp³-hybridized carbons (Fsp3) is 0.632. The quantitative estimate of drug-likeness (QED) is 0.0555. The van der Waals surface area contributed by atoms with Crippen LogP contribution < -0.4 is 38.9 Å². The van der Waals surface area contributed by atoms with Crippen LogP contribution in [0.5, 0.6) is 0 Å². The van der Waals surface area contributed by atoms with E-state index in [-0.39, 0.29) is 25.3 Å². The van der Waals surface area contributed by atoms with E-state index in [0.29, 0.717) is 0 Å². The van der Waals surface area contributed by atoms with Crippen LogP contribution in [0.1, 0.15) is 39.5 Å². The predicted molar refractivity (Wildman–Crippen MR) is 122 cm³/mol. The molecule has 0 aliphatic carbocycles. The molecule has 4 unspecified atom stereocenters. The lowest BCUT2D eigenvalue weighted by molar-refractivity contribution is -0.147. The van der Waals surface area contributed by atoms with Crippen molar-refractivity contribution < 1.29 is 39.0 Å². The van der Waals surface area contributed by atoms with Gasteiger partial charge in [-0.15, -0.1) is 0 Å². The zero-order valence-electron chi connectivity index (χ0n) is 19.5. The highest BCUT2D eigenvalue weighted by Crippen LogP contribution is 2.07. The number of hydrogen-bond donors (Lipinski definition) is 9. The van der Waals surface area contributed by atoms with Crippen LogP contribution >= 0.6 is 0 Å². The summed E-state index contributed by atoms with van der Waals surface area (Å²) in [7, 11) is 0. The first-order valence-electron chi connectivity index (χ1n) is 10.6. The maximum absolute atomic E-state index is 12.9. The normalized spacial score (nSPS) is 14.1. The highest BCUT2D eigenvalue weighted by Gasteiger charge is 2.32. The van der Waals surface area contributed by atoms with Crippen molar-refractivity contribution in [3.05, 3.63) is 0 Å². The maximum Gasteiger partial charge on any atom is 0.326 e. The minimum Gasteiger partial charge on any atom is -0.481 e. The Hall–Kier alpha value is -3.95. The van der Waals surface area contributed by atoms with E-state index in [4.69, 9.17) is 28.0 Å². The topological polar surface area (TPSA) is 295 Å². The van der Waals surface area contributed by atoms with Crippen LogP contribution in [0.2, 0.25) is 0 Å². The van der Waals surface area contributed by atoms with Gasteiger partial charge >= 0.3 is 11.9 Å². The summed E-state index contributed by atoms with van der Waals surface area (Å²) in [4.78, 5) is 74.8. The molecule has 0 bridgehead atoms. The average molecular weight is 503 g/mol. The number of carboxylic acid groups (broad SMARTS) is 2. The summed E-state index contributed by atoms with van der Waals surface area (Å²) < 4.78 is 0. The van der Waals surface area contributed by atoms with Crippen molar-refractivity contribution in [2.75, 3.05) is 6.54 Å². The standard InChI is InChI=1S/C19H34N8O8/c1-8(2)14(27-15(31)9(20)6-12(21)28)17(33)25-10(4-3-5-24-19(22)23)16(32)26-11(18(34)35)7-13(29)30/h8-11,14H,3-7,20H2,1-2H3,(H2,21,28)(H,25,33)(H,26,32)(H,27,31)(H,29,30)(H,34,35)(H4,22,23,24). The van der Waals surface area contributed by atoms with Gasteiger partial charge in [-0.25, -0.2) is 4.79 Å². The SMILES string of the molecule is CC(C)C(NC(=O)C(N)CC(N)=O)C(=O)NC(CCCN=C(N)N)C(=O)NC(CC(=O)O)C(=O)O. The molecular weight excluding hydrogens is 468 g/mol. The third kappa shape index (κ3) is 12.8. The lowest BCUT2D eigenvalue weighted by atomic mass is 10.0. The number of aliphatic carboxylic acids is 2. The summed E-state index contributed by atoms with van der Waals surface area (Å²) in [6.07, 6.45) is -1.20. The summed E-state index contributed by atoms with van der Waals surface area (Å²) in [5, 5.41) is 24.9. The Balaban J connectivity index is 5.60. The first kappa shape index (κ1) is 31.0. The molecule has 0 spiro atoms. The number of carboxylic acids is 2. The number of primary amides is 1. The molecule has 0 saturated heterocycles. The Morgan fingerprint density at radius 3 is 1.86 bits per heavy atom. The summed E-state index contributed by atoms with van der Waals surface area (Å²) >= 11 is 0. The van der Waals surface area contributed by atoms with Crippen LogP contribution in [-0.2, 0) is 28.8 Å². The molecule has 13 N–H and O–H groups in total. The van der Waals surface area contributed by atoms with Crippen LogP contribution in [0.3, 0.4) is 0 Å². The van der Waals surface area contributed by atoms with Crippen molar-refractivity contribution in [3.8, 4) is 0 Å². The summed E-state index contributed by atoms with van der Waals surface area (Å²) in [6, 6.07) is -5.54. The molecule has 0 aliphatic rings. The van der Waals surface area contributed by atoms with E-state index in [1.807, 2.05) is 0 Å². The fourth-order valence-corrected chi connectivity index (χ4v) is 2.79. The van der Waals surface area contributed by atoms with Gasteiger partial charge in [-0.2, -0.15) is 0 Å². The molecule has 0 fully saturated rings. The van der Waals surface area contributed by atoms with E-state index in [0.717, 1.165) is 0 Å². The van der Waals surface area contributed by atoms with Crippen molar-refractivity contribution in [2.45, 2.75) is 63.7 Å². The van der Waals surface area contributed by atoms with Gasteiger partial charge in [0.15, 0.2) is 5.96 Å². The smallest absolute Gasteiger partial charge is 0.326 e. The molecule has 0 aromatic heterocycles. The van der Waals surface area contributed by atoms with Gasteiger partial charge in [0.05, 0.1) is 18.9 Å². The summed E-state index contributed by atoms with van der Waals surface area (Å²) in [6.45, 7) is 3.29. The van der Waals surface area contributed by atoms with Crippen LogP contribution in [0.25, 0.3) is 0 Å². The van der Waals surface area contributed by atoms with Gasteiger partial charge in [-0.3, -0.25) is 29.0 Å². The molecule has 4 amide bonds. The number of hydrogen-bond acceptors (Lipinski definition) is 8. The minimum absolute atomic E-state index is 0.0479. The molecule has 16 nitrogen and oxygen atoms in total. The van der Waals surface area contributed by atoms with Crippen molar-refractivity contribution in [1.29, 1.82) is 0 Å². The Morgan fingerprint density at radius 2 is 1.40 bits per heavy atom. The van der Waals surface area contributed by atoms with E-state index in [2.05, 4.69) is 20.9 Å². The van der Waals surface area contributed by atoms with Crippen LogP contribution in [-0.4, -0.2) is 82.5 Å². The molecule has 0 saturated carbocycles. The number of carbonyl (C=O) groups is 6. The largest absolute Gasteiger partial charge is 0.481 e. The van der Waals surface area contributed by atoms with Gasteiger partial charge < -0.3 is 49.1 Å². The number of guanidine groups is 1. The zero-order valence-corrected chi connectivity index (χ0v) is 19.5. The van der Waals surface area contributed by atoms with Crippen molar-refractivity contribution in [3.63, 3.8) is 0 Å². The van der Waals surface area contributed by atoms with E-state index in [1.54, 1.807) is 13.8 Å². The van der Waals surface area contributed by atoms with Crippen LogP contribution in [0, 0.1) is 5.92 Å². The second-order valence-corrected chi connectivity index (χ2v) is 8.01. The molecule has 35 heavy (non-hydrogen) atoms. The molecule has 0 heterocycles. The molecule has 0 aromatic rings. The van der Waals surface area contributed by atoms with Gasteiger partial charge in [-0.1, -0.05) is 13.8 Å². The van der Waals surface area contributed by atoms with Crippen molar-refractivity contribution >= 4 is 41.5 Å². The van der Waals surface area contributed by atoms with Gasteiger partial charge in [0.25, 0.3) is 0 Å². The highest BCUT2D eigenvalue weighted by atomic mass is 16.4. The number of nitrogens with one attached hydrogen (secondary N) is 3. The number of amides is 4. The highest BCUT2D eigenvalue weighted by molar-refractivity contribution is 5.95. The minimum atomic E-state index is -1.75. The number of nitrogens with zero attached hydrogens (tertiary/aromatic N) is 1. The zero-order chi connectivity index (χ0) is 27.3. The molecular formula is C19H34N8O8. The first-order chi connectivity index (χ1) is 16.1. The molecule has 0 rings (SSSR count). The summed E-state index contributed by atoms with van der Waals surface area (Å²) in [5.74, 6) is -7.12. The monoisotopic (exact) mass is 502 g/mol. The van der Waals surface area contributed by atoms with Crippen LogP contribution in [0.4, 0.5) is 0 Å². The third-order valence-electron chi connectivity index (χ3n) is 4.58.